The van der Waals surface area contributed by atoms with Crippen molar-refractivity contribution < 1.29 is 17.7 Å². The van der Waals surface area contributed by atoms with Gasteiger partial charge in [-0.25, -0.2) is 9.98 Å². The van der Waals surface area contributed by atoms with Crippen molar-refractivity contribution >= 4 is 23.4 Å². The highest BCUT2D eigenvalue weighted by molar-refractivity contribution is 6.33. The van der Waals surface area contributed by atoms with Gasteiger partial charge in [0, 0.05) is 31.9 Å². The van der Waals surface area contributed by atoms with Crippen LogP contribution in [0, 0.1) is 6.92 Å². The quantitative estimate of drug-likeness (QED) is 0.555. The van der Waals surface area contributed by atoms with Crippen molar-refractivity contribution in [2.24, 2.45) is 4.99 Å². The van der Waals surface area contributed by atoms with Crippen molar-refractivity contribution in [2.45, 2.75) is 39.0 Å². The third-order valence-electron chi connectivity index (χ3n) is 4.26. The molecule has 2 N–H and O–H groups in total. The number of guanidine groups is 1. The van der Waals surface area contributed by atoms with E-state index in [1.807, 2.05) is 11.8 Å². The zero-order valence-corrected chi connectivity index (χ0v) is 16.7. The molecule has 0 spiro atoms. The van der Waals surface area contributed by atoms with Gasteiger partial charge in [0.1, 0.15) is 12.4 Å². The molecule has 1 aliphatic heterocycles. The second-order valence-corrected chi connectivity index (χ2v) is 6.94. The average Bonchev–Trinajstić information content (AvgIpc) is 3.28. The van der Waals surface area contributed by atoms with Gasteiger partial charge in [0.15, 0.2) is 11.8 Å². The Bertz CT molecular complexity index is 871. The monoisotopic (exact) mass is 431 g/mol. The number of anilines is 1. The highest BCUT2D eigenvalue weighted by atomic mass is 35.5. The number of alkyl halides is 3. The summed E-state index contributed by atoms with van der Waals surface area (Å²) in [5, 5.41) is 10.1. The Morgan fingerprint density at radius 1 is 1.45 bits per heavy atom. The van der Waals surface area contributed by atoms with Crippen molar-refractivity contribution in [1.29, 1.82) is 0 Å². The van der Waals surface area contributed by atoms with Crippen LogP contribution < -0.4 is 15.5 Å². The lowest BCUT2D eigenvalue weighted by molar-refractivity contribution is -0.137. The summed E-state index contributed by atoms with van der Waals surface area (Å²) in [6.07, 6.45) is -2.92. The zero-order valence-electron chi connectivity index (χ0n) is 15.9. The minimum absolute atomic E-state index is 0.0205. The van der Waals surface area contributed by atoms with E-state index in [2.05, 4.69) is 30.8 Å². The van der Waals surface area contributed by atoms with Crippen molar-refractivity contribution in [3.8, 4) is 0 Å². The number of aliphatic imine (C=N–C) groups is 1. The number of hydrogen-bond acceptors (Lipinski definition) is 6. The molecule has 0 aromatic carbocycles. The fraction of sp³-hybridized carbons (Fsp3) is 0.529. The topological polar surface area (TPSA) is 91.5 Å². The van der Waals surface area contributed by atoms with E-state index in [-0.39, 0.29) is 17.6 Å². The molecule has 1 saturated heterocycles. The molecule has 0 radical (unpaired) electrons. The Hall–Kier alpha value is -2.56. The Morgan fingerprint density at radius 2 is 2.24 bits per heavy atom. The van der Waals surface area contributed by atoms with Crippen LogP contribution in [0.3, 0.4) is 0 Å². The predicted octanol–water partition coefficient (Wildman–Crippen LogP) is 2.78. The van der Waals surface area contributed by atoms with Gasteiger partial charge in [-0.1, -0.05) is 16.8 Å². The molecule has 3 heterocycles. The van der Waals surface area contributed by atoms with Gasteiger partial charge in [0.25, 0.3) is 0 Å². The van der Waals surface area contributed by atoms with Gasteiger partial charge in [-0.05, 0) is 26.3 Å². The SMILES string of the molecule is CCNC(=NCc1nc(C)no1)NC1CCN(c2ncc(C(F)(F)F)cc2Cl)C1. The molecular formula is C17H21ClF3N7O. The fourth-order valence-electron chi connectivity index (χ4n) is 2.95. The molecule has 29 heavy (non-hydrogen) atoms. The van der Waals surface area contributed by atoms with Crippen LogP contribution >= 0.6 is 11.6 Å². The molecule has 3 rings (SSSR count). The second-order valence-electron chi connectivity index (χ2n) is 6.53. The van der Waals surface area contributed by atoms with E-state index in [0.29, 0.717) is 43.1 Å². The summed E-state index contributed by atoms with van der Waals surface area (Å²) >= 11 is 6.05. The molecular weight excluding hydrogens is 411 g/mol. The summed E-state index contributed by atoms with van der Waals surface area (Å²) < 4.78 is 43.4. The van der Waals surface area contributed by atoms with Crippen molar-refractivity contribution in [1.82, 2.24) is 25.8 Å². The normalized spacial score (nSPS) is 17.7. The largest absolute Gasteiger partial charge is 0.417 e. The van der Waals surface area contributed by atoms with E-state index in [0.717, 1.165) is 18.7 Å². The van der Waals surface area contributed by atoms with E-state index in [1.165, 1.54) is 0 Å². The molecule has 1 fully saturated rings. The lowest BCUT2D eigenvalue weighted by Gasteiger charge is -2.21. The molecule has 158 valence electrons. The van der Waals surface area contributed by atoms with Gasteiger partial charge >= 0.3 is 6.18 Å². The van der Waals surface area contributed by atoms with Gasteiger partial charge in [0.2, 0.25) is 5.89 Å². The van der Waals surface area contributed by atoms with Crippen molar-refractivity contribution in [3.63, 3.8) is 0 Å². The van der Waals surface area contributed by atoms with Crippen LogP contribution in [0.4, 0.5) is 19.0 Å². The molecule has 0 aliphatic carbocycles. The van der Waals surface area contributed by atoms with Crippen LogP contribution in [0.1, 0.15) is 30.6 Å². The second kappa shape index (κ2) is 8.85. The summed E-state index contributed by atoms with van der Waals surface area (Å²) in [6, 6.07) is 0.931. The summed E-state index contributed by atoms with van der Waals surface area (Å²) in [7, 11) is 0. The maximum absolute atomic E-state index is 12.8. The lowest BCUT2D eigenvalue weighted by Crippen LogP contribution is -2.44. The summed E-state index contributed by atoms with van der Waals surface area (Å²) in [5.41, 5.74) is -0.863. The van der Waals surface area contributed by atoms with Gasteiger partial charge in [0.05, 0.1) is 10.6 Å². The van der Waals surface area contributed by atoms with Gasteiger partial charge in [-0.15, -0.1) is 0 Å². The molecule has 1 unspecified atom stereocenters. The molecule has 2 aromatic rings. The maximum atomic E-state index is 12.8. The molecule has 0 bridgehead atoms. The number of pyridine rings is 1. The minimum atomic E-state index is -4.47. The number of hydrogen-bond donors (Lipinski definition) is 2. The number of nitrogens with one attached hydrogen (secondary N) is 2. The molecule has 0 saturated carbocycles. The van der Waals surface area contributed by atoms with Crippen LogP contribution in [-0.2, 0) is 12.7 Å². The van der Waals surface area contributed by atoms with Gasteiger partial charge in [-0.2, -0.15) is 18.2 Å². The van der Waals surface area contributed by atoms with Crippen molar-refractivity contribution in [3.05, 3.63) is 34.6 Å². The standard InChI is InChI=1S/C17H21ClF3N7O/c1-3-22-16(24-8-14-25-10(2)27-29-14)26-12-4-5-28(9-12)15-13(18)6-11(7-23-15)17(19,20)21/h6-7,12H,3-5,8-9H2,1-2H3,(H2,22,24,26). The Kier molecular flexibility index (Phi) is 6.46. The molecule has 0 amide bonds. The first kappa shape index (κ1) is 21.2. The number of halogens is 4. The van der Waals surface area contributed by atoms with Crippen LogP contribution in [0.5, 0.6) is 0 Å². The Morgan fingerprint density at radius 3 is 2.86 bits per heavy atom. The first-order valence-corrected chi connectivity index (χ1v) is 9.45. The van der Waals surface area contributed by atoms with E-state index in [4.69, 9.17) is 16.1 Å². The molecule has 1 atom stereocenters. The first-order valence-electron chi connectivity index (χ1n) is 9.08. The molecule has 2 aromatic heterocycles. The maximum Gasteiger partial charge on any atom is 0.417 e. The number of aryl methyl sites for hydroxylation is 1. The highest BCUT2D eigenvalue weighted by Gasteiger charge is 2.33. The van der Waals surface area contributed by atoms with Crippen LogP contribution in [-0.4, -0.2) is 46.8 Å². The summed E-state index contributed by atoms with van der Waals surface area (Å²) in [5.74, 6) is 1.88. The summed E-state index contributed by atoms with van der Waals surface area (Å²) in [4.78, 5) is 14.3. The molecule has 1 aliphatic rings. The lowest BCUT2D eigenvalue weighted by atomic mass is 10.2. The highest BCUT2D eigenvalue weighted by Crippen LogP contribution is 2.34. The van der Waals surface area contributed by atoms with Gasteiger partial charge in [-0.3, -0.25) is 0 Å². The Balaban J connectivity index is 1.63. The van der Waals surface area contributed by atoms with Crippen LogP contribution in [0.15, 0.2) is 21.8 Å². The third kappa shape index (κ3) is 5.49. The third-order valence-corrected chi connectivity index (χ3v) is 4.54. The van der Waals surface area contributed by atoms with E-state index < -0.39 is 11.7 Å². The van der Waals surface area contributed by atoms with Crippen molar-refractivity contribution in [2.75, 3.05) is 24.5 Å². The molecule has 8 nitrogen and oxygen atoms in total. The van der Waals surface area contributed by atoms with Gasteiger partial charge < -0.3 is 20.1 Å². The van der Waals surface area contributed by atoms with E-state index in [1.54, 1.807) is 6.92 Å². The number of rotatable bonds is 5. The zero-order chi connectivity index (χ0) is 21.0. The summed E-state index contributed by atoms with van der Waals surface area (Å²) in [6.45, 7) is 5.71. The minimum Gasteiger partial charge on any atom is -0.357 e. The fourth-order valence-corrected chi connectivity index (χ4v) is 3.24. The first-order chi connectivity index (χ1) is 13.8. The Labute approximate surface area is 170 Å². The number of nitrogens with zero attached hydrogens (tertiary/aromatic N) is 5. The van der Waals surface area contributed by atoms with Crippen LogP contribution in [0.25, 0.3) is 0 Å². The van der Waals surface area contributed by atoms with E-state index >= 15 is 0 Å². The smallest absolute Gasteiger partial charge is 0.357 e. The average molecular weight is 432 g/mol. The molecule has 12 heteroatoms. The predicted molar refractivity (Wildman–Crippen MR) is 102 cm³/mol. The number of aromatic nitrogens is 3. The van der Waals surface area contributed by atoms with Crippen LogP contribution in [0.2, 0.25) is 5.02 Å². The van der Waals surface area contributed by atoms with E-state index in [9.17, 15) is 13.2 Å².